The summed E-state index contributed by atoms with van der Waals surface area (Å²) in [7, 11) is 0. The number of aliphatic hydroxyl groups is 1. The second-order valence-corrected chi connectivity index (χ2v) is 5.68. The van der Waals surface area contributed by atoms with E-state index in [0.717, 1.165) is 49.5 Å². The number of unbranched alkanes of at least 4 members (excludes halogenated alkanes) is 1. The highest BCUT2D eigenvalue weighted by Crippen LogP contribution is 2.06. The van der Waals surface area contributed by atoms with Gasteiger partial charge < -0.3 is 9.84 Å². The van der Waals surface area contributed by atoms with Crippen molar-refractivity contribution in [3.8, 4) is 0 Å². The highest BCUT2D eigenvalue weighted by atomic mass is 32.2. The molecule has 20 heavy (non-hydrogen) atoms. The second kappa shape index (κ2) is 13.2. The van der Waals surface area contributed by atoms with Gasteiger partial charge in [0.1, 0.15) is 0 Å². The fourth-order valence-corrected chi connectivity index (χ4v) is 2.54. The predicted octanol–water partition coefficient (Wildman–Crippen LogP) is 3.02. The maximum Gasteiger partial charge on any atom is 0.0661 e. The van der Waals surface area contributed by atoms with Crippen molar-refractivity contribution >= 4 is 18.0 Å². The van der Waals surface area contributed by atoms with Crippen LogP contribution in [-0.2, 0) is 4.74 Å². The van der Waals surface area contributed by atoms with Crippen LogP contribution in [-0.4, -0.2) is 49.2 Å². The highest BCUT2D eigenvalue weighted by Gasteiger charge is 1.92. The number of hydrogen-bond acceptors (Lipinski definition) is 4. The lowest BCUT2D eigenvalue weighted by molar-refractivity contribution is 0.143. The molecule has 0 bridgehead atoms. The summed E-state index contributed by atoms with van der Waals surface area (Å²) >= 11 is 1.94. The zero-order valence-electron chi connectivity index (χ0n) is 12.0. The van der Waals surface area contributed by atoms with Gasteiger partial charge in [-0.05, 0) is 36.3 Å². The predicted molar refractivity (Wildman–Crippen MR) is 88.0 cm³/mol. The van der Waals surface area contributed by atoms with E-state index >= 15 is 0 Å². The molecule has 0 unspecified atom stereocenters. The Kier molecular flexibility index (Phi) is 11.3. The van der Waals surface area contributed by atoms with Crippen molar-refractivity contribution in [3.63, 3.8) is 0 Å². The maximum absolute atomic E-state index is 8.64. The van der Waals surface area contributed by atoms with Crippen LogP contribution in [0.3, 0.4) is 0 Å². The zero-order valence-corrected chi connectivity index (χ0v) is 12.9. The summed E-state index contributed by atoms with van der Waals surface area (Å²) < 4.78 is 5.53. The molecule has 0 spiro atoms. The molecule has 0 heterocycles. The van der Waals surface area contributed by atoms with Gasteiger partial charge >= 0.3 is 0 Å². The summed E-state index contributed by atoms with van der Waals surface area (Å²) in [6, 6.07) is 10.1. The van der Waals surface area contributed by atoms with E-state index in [1.807, 2.05) is 48.3 Å². The summed E-state index contributed by atoms with van der Waals surface area (Å²) in [5.41, 5.74) is 1.13. The third-order valence-electron chi connectivity index (χ3n) is 2.68. The third-order valence-corrected chi connectivity index (χ3v) is 3.83. The average Bonchev–Trinajstić information content (AvgIpc) is 2.49. The van der Waals surface area contributed by atoms with Crippen molar-refractivity contribution in [3.05, 3.63) is 35.9 Å². The summed E-state index contributed by atoms with van der Waals surface area (Å²) in [4.78, 5) is 4.33. The molecule has 0 fully saturated rings. The molecule has 112 valence electrons. The van der Waals surface area contributed by atoms with Gasteiger partial charge in [0, 0.05) is 19.4 Å². The number of hydrogen-bond donors (Lipinski definition) is 1. The summed E-state index contributed by atoms with van der Waals surface area (Å²) in [6.07, 6.45) is 5.01. The van der Waals surface area contributed by atoms with Crippen LogP contribution < -0.4 is 0 Å². The van der Waals surface area contributed by atoms with Crippen molar-refractivity contribution in [2.75, 3.05) is 37.9 Å². The number of benzene rings is 1. The van der Waals surface area contributed by atoms with Gasteiger partial charge in [0.05, 0.1) is 13.2 Å². The van der Waals surface area contributed by atoms with E-state index < -0.39 is 0 Å². The van der Waals surface area contributed by atoms with Crippen LogP contribution >= 0.6 is 11.8 Å². The molecule has 0 aliphatic heterocycles. The fourth-order valence-electron chi connectivity index (χ4n) is 1.61. The maximum atomic E-state index is 8.64. The number of ether oxygens (including phenoxy) is 1. The zero-order chi connectivity index (χ0) is 14.3. The lowest BCUT2D eigenvalue weighted by atomic mass is 10.2. The minimum atomic E-state index is 0.313. The Morgan fingerprint density at radius 3 is 2.65 bits per heavy atom. The van der Waals surface area contributed by atoms with Crippen LogP contribution in [0.5, 0.6) is 0 Å². The molecular weight excluding hydrogens is 270 g/mol. The normalized spacial score (nSPS) is 11.2. The molecule has 0 amide bonds. The molecule has 1 aromatic carbocycles. The molecule has 1 rings (SSSR count). The van der Waals surface area contributed by atoms with E-state index in [0.29, 0.717) is 13.2 Å². The van der Waals surface area contributed by atoms with E-state index in [-0.39, 0.29) is 0 Å². The van der Waals surface area contributed by atoms with Gasteiger partial charge in [0.15, 0.2) is 0 Å². The van der Waals surface area contributed by atoms with Crippen molar-refractivity contribution in [2.45, 2.75) is 19.3 Å². The van der Waals surface area contributed by atoms with Crippen molar-refractivity contribution in [1.29, 1.82) is 0 Å². The lowest BCUT2D eigenvalue weighted by Gasteiger charge is -2.02. The summed E-state index contributed by atoms with van der Waals surface area (Å²) in [5, 5.41) is 8.64. The Morgan fingerprint density at radius 2 is 1.85 bits per heavy atom. The van der Waals surface area contributed by atoms with E-state index in [2.05, 4.69) is 4.99 Å². The Morgan fingerprint density at radius 1 is 1.05 bits per heavy atom. The topological polar surface area (TPSA) is 41.8 Å². The van der Waals surface area contributed by atoms with Gasteiger partial charge in [-0.15, -0.1) is 0 Å². The number of rotatable bonds is 12. The Labute approximate surface area is 126 Å². The van der Waals surface area contributed by atoms with Crippen LogP contribution in [0.2, 0.25) is 0 Å². The van der Waals surface area contributed by atoms with Gasteiger partial charge in [-0.1, -0.05) is 30.3 Å². The van der Waals surface area contributed by atoms with Crippen LogP contribution in [0.4, 0.5) is 0 Å². The third kappa shape index (κ3) is 10.0. The molecule has 4 heteroatoms. The van der Waals surface area contributed by atoms with Crippen LogP contribution in [0.25, 0.3) is 0 Å². The molecule has 0 aromatic heterocycles. The minimum absolute atomic E-state index is 0.313. The molecule has 0 aliphatic rings. The van der Waals surface area contributed by atoms with Crippen LogP contribution in [0.1, 0.15) is 24.8 Å². The van der Waals surface area contributed by atoms with E-state index in [1.54, 1.807) is 0 Å². The first-order chi connectivity index (χ1) is 9.93. The molecule has 3 nitrogen and oxygen atoms in total. The van der Waals surface area contributed by atoms with E-state index in [1.165, 1.54) is 0 Å². The Bertz CT molecular complexity index is 344. The van der Waals surface area contributed by atoms with E-state index in [9.17, 15) is 0 Å². The quantitative estimate of drug-likeness (QED) is 0.476. The summed E-state index contributed by atoms with van der Waals surface area (Å²) in [6.45, 7) is 2.54. The highest BCUT2D eigenvalue weighted by molar-refractivity contribution is 7.99. The van der Waals surface area contributed by atoms with Crippen molar-refractivity contribution in [1.82, 2.24) is 0 Å². The first kappa shape index (κ1) is 17.2. The van der Waals surface area contributed by atoms with E-state index in [4.69, 9.17) is 9.84 Å². The smallest absolute Gasteiger partial charge is 0.0661 e. The lowest BCUT2D eigenvalue weighted by Crippen LogP contribution is -2.01. The first-order valence-electron chi connectivity index (χ1n) is 7.24. The molecule has 0 radical (unpaired) electrons. The standard InChI is InChI=1S/C16H25NO2S/c18-10-4-5-13-20-14-6-11-19-12-9-17-15-16-7-2-1-3-8-16/h1-3,7-8,15,18H,4-6,9-14H2. The van der Waals surface area contributed by atoms with Gasteiger partial charge in [0.25, 0.3) is 0 Å². The molecule has 1 aromatic rings. The molecule has 0 atom stereocenters. The second-order valence-electron chi connectivity index (χ2n) is 4.45. The fraction of sp³-hybridized carbons (Fsp3) is 0.562. The van der Waals surface area contributed by atoms with Gasteiger partial charge in [-0.25, -0.2) is 0 Å². The Hall–Kier alpha value is -0.840. The SMILES string of the molecule is OCCCCSCCCOCCN=Cc1ccccc1. The van der Waals surface area contributed by atoms with Crippen LogP contribution in [0.15, 0.2) is 35.3 Å². The largest absolute Gasteiger partial charge is 0.396 e. The molecule has 0 aliphatic carbocycles. The number of aliphatic imine (C=N–C) groups is 1. The Balaban J connectivity index is 1.84. The molecule has 0 saturated heterocycles. The average molecular weight is 295 g/mol. The van der Waals surface area contributed by atoms with Gasteiger partial charge in [0.2, 0.25) is 0 Å². The monoisotopic (exact) mass is 295 g/mol. The minimum Gasteiger partial charge on any atom is -0.396 e. The van der Waals surface area contributed by atoms with Crippen molar-refractivity contribution in [2.24, 2.45) is 4.99 Å². The van der Waals surface area contributed by atoms with Crippen LogP contribution in [0, 0.1) is 0 Å². The van der Waals surface area contributed by atoms with Crippen molar-refractivity contribution < 1.29 is 9.84 Å². The van der Waals surface area contributed by atoms with Gasteiger partial charge in [-0.2, -0.15) is 11.8 Å². The molecule has 1 N–H and O–H groups in total. The summed E-state index contributed by atoms with van der Waals surface area (Å²) in [5.74, 6) is 2.28. The first-order valence-corrected chi connectivity index (χ1v) is 8.40. The number of aliphatic hydroxyl groups excluding tert-OH is 1. The molecule has 0 saturated carbocycles. The number of nitrogens with zero attached hydrogens (tertiary/aromatic N) is 1. The van der Waals surface area contributed by atoms with Gasteiger partial charge in [-0.3, -0.25) is 4.99 Å². The number of thioether (sulfide) groups is 1. The molecular formula is C16H25NO2S.